The number of likely N-dealkylation sites (tertiary alicyclic amines) is 1. The van der Waals surface area contributed by atoms with E-state index in [9.17, 15) is 9.90 Å². The summed E-state index contributed by atoms with van der Waals surface area (Å²) in [6.07, 6.45) is 0.494. The van der Waals surface area contributed by atoms with Crippen LogP contribution in [0.25, 0.3) is 0 Å². The minimum Gasteiger partial charge on any atom is -0.493 e. The van der Waals surface area contributed by atoms with Crippen molar-refractivity contribution in [2.45, 2.75) is 18.9 Å². The van der Waals surface area contributed by atoms with Crippen molar-refractivity contribution in [3.8, 4) is 11.5 Å². The predicted molar refractivity (Wildman–Crippen MR) is 65.8 cm³/mol. The molecule has 1 aliphatic heterocycles. The van der Waals surface area contributed by atoms with Crippen molar-refractivity contribution in [1.29, 1.82) is 0 Å². The van der Waals surface area contributed by atoms with E-state index >= 15 is 0 Å². The number of methoxy groups -OCH3 is 1. The largest absolute Gasteiger partial charge is 0.493 e. The Hall–Kier alpha value is -1.75. The quantitative estimate of drug-likeness (QED) is 0.868. The van der Waals surface area contributed by atoms with E-state index in [1.807, 2.05) is 6.07 Å². The van der Waals surface area contributed by atoms with Gasteiger partial charge < -0.3 is 19.5 Å². The third kappa shape index (κ3) is 2.92. The summed E-state index contributed by atoms with van der Waals surface area (Å²) in [6.45, 7) is 1.05. The molecule has 1 N–H and O–H groups in total. The van der Waals surface area contributed by atoms with Crippen molar-refractivity contribution in [3.63, 3.8) is 0 Å². The molecule has 1 heterocycles. The van der Waals surface area contributed by atoms with Crippen LogP contribution in [0, 0.1) is 0 Å². The highest BCUT2D eigenvalue weighted by atomic mass is 16.6. The molecule has 1 amide bonds. The number of piperidine rings is 1. The maximum absolute atomic E-state index is 11.9. The van der Waals surface area contributed by atoms with E-state index in [0.29, 0.717) is 37.4 Å². The fraction of sp³-hybridized carbons (Fsp3) is 0.462. The fourth-order valence-electron chi connectivity index (χ4n) is 1.91. The molecule has 0 atom stereocenters. The molecule has 1 saturated heterocycles. The zero-order valence-electron chi connectivity index (χ0n) is 10.3. The highest BCUT2D eigenvalue weighted by Gasteiger charge is 2.23. The lowest BCUT2D eigenvalue weighted by atomic mass is 10.1. The first kappa shape index (κ1) is 12.7. The van der Waals surface area contributed by atoms with E-state index in [2.05, 4.69) is 0 Å². The standard InChI is InChI=1S/C13H17NO4/c1-17-11-4-2-3-5-12(11)18-13(16)14-8-6-10(15)7-9-14/h2-5,10,15H,6-9H2,1H3. The molecule has 2 rings (SSSR count). The predicted octanol–water partition coefficient (Wildman–Crippen LogP) is 1.65. The average Bonchev–Trinajstić information content (AvgIpc) is 2.40. The van der Waals surface area contributed by atoms with E-state index in [0.717, 1.165) is 0 Å². The maximum atomic E-state index is 11.9. The topological polar surface area (TPSA) is 59.0 Å². The molecule has 0 radical (unpaired) electrons. The Morgan fingerprint density at radius 1 is 1.28 bits per heavy atom. The second-order valence-electron chi connectivity index (χ2n) is 4.24. The number of aliphatic hydroxyl groups excluding tert-OH is 1. The van der Waals surface area contributed by atoms with Crippen molar-refractivity contribution in [2.24, 2.45) is 0 Å². The van der Waals surface area contributed by atoms with Gasteiger partial charge in [0.05, 0.1) is 13.2 Å². The zero-order chi connectivity index (χ0) is 13.0. The molecule has 1 aromatic rings. The molecular formula is C13H17NO4. The Bertz CT molecular complexity index is 413. The molecule has 5 heteroatoms. The Kier molecular flexibility index (Phi) is 4.04. The SMILES string of the molecule is COc1ccccc1OC(=O)N1CCC(O)CC1. The van der Waals surface area contributed by atoms with E-state index in [4.69, 9.17) is 9.47 Å². The molecule has 18 heavy (non-hydrogen) atoms. The highest BCUT2D eigenvalue weighted by Crippen LogP contribution is 2.26. The van der Waals surface area contributed by atoms with Crippen LogP contribution in [-0.4, -0.2) is 42.4 Å². The van der Waals surface area contributed by atoms with Gasteiger partial charge in [-0.1, -0.05) is 12.1 Å². The second-order valence-corrected chi connectivity index (χ2v) is 4.24. The number of aliphatic hydroxyl groups is 1. The molecule has 1 aromatic carbocycles. The van der Waals surface area contributed by atoms with Crippen LogP contribution in [0.15, 0.2) is 24.3 Å². The van der Waals surface area contributed by atoms with Crippen molar-refractivity contribution >= 4 is 6.09 Å². The van der Waals surface area contributed by atoms with E-state index < -0.39 is 6.09 Å². The van der Waals surface area contributed by atoms with Crippen molar-refractivity contribution in [2.75, 3.05) is 20.2 Å². The van der Waals surface area contributed by atoms with Crippen molar-refractivity contribution in [1.82, 2.24) is 4.90 Å². The van der Waals surface area contributed by atoms with Crippen LogP contribution in [0.5, 0.6) is 11.5 Å². The smallest absolute Gasteiger partial charge is 0.415 e. The third-order valence-corrected chi connectivity index (χ3v) is 2.99. The normalized spacial score (nSPS) is 16.4. The maximum Gasteiger partial charge on any atom is 0.415 e. The van der Waals surface area contributed by atoms with Crippen LogP contribution in [-0.2, 0) is 0 Å². The van der Waals surface area contributed by atoms with Crippen molar-refractivity contribution < 1.29 is 19.4 Å². The summed E-state index contributed by atoms with van der Waals surface area (Å²) in [5, 5.41) is 9.38. The van der Waals surface area contributed by atoms with Crippen LogP contribution in [0.1, 0.15) is 12.8 Å². The van der Waals surface area contributed by atoms with Gasteiger partial charge in [0, 0.05) is 13.1 Å². The lowest BCUT2D eigenvalue weighted by Crippen LogP contribution is -2.41. The fourth-order valence-corrected chi connectivity index (χ4v) is 1.91. The van der Waals surface area contributed by atoms with Gasteiger partial charge in [-0.25, -0.2) is 4.79 Å². The summed E-state index contributed by atoms with van der Waals surface area (Å²) < 4.78 is 10.4. The van der Waals surface area contributed by atoms with E-state index in [1.54, 1.807) is 23.1 Å². The minimum atomic E-state index is -0.397. The molecule has 0 unspecified atom stereocenters. The molecule has 0 saturated carbocycles. The van der Waals surface area contributed by atoms with Crippen LogP contribution < -0.4 is 9.47 Å². The number of hydrogen-bond donors (Lipinski definition) is 1. The second kappa shape index (κ2) is 5.73. The van der Waals surface area contributed by atoms with Crippen LogP contribution >= 0.6 is 0 Å². The number of ether oxygens (including phenoxy) is 2. The molecule has 1 aliphatic rings. The number of carbonyl (C=O) groups excluding carboxylic acids is 1. The molecule has 0 aromatic heterocycles. The van der Waals surface area contributed by atoms with Gasteiger partial charge in [0.25, 0.3) is 0 Å². The van der Waals surface area contributed by atoms with Gasteiger partial charge in [0.1, 0.15) is 0 Å². The average molecular weight is 251 g/mol. The van der Waals surface area contributed by atoms with Gasteiger partial charge in [0.15, 0.2) is 11.5 Å². The Labute approximate surface area is 106 Å². The van der Waals surface area contributed by atoms with Gasteiger partial charge in [0.2, 0.25) is 0 Å². The van der Waals surface area contributed by atoms with Gasteiger partial charge in [-0.3, -0.25) is 0 Å². The lowest BCUT2D eigenvalue weighted by Gasteiger charge is -2.28. The number of nitrogens with zero attached hydrogens (tertiary/aromatic N) is 1. The highest BCUT2D eigenvalue weighted by molar-refractivity contribution is 5.71. The molecule has 98 valence electrons. The summed E-state index contributed by atoms with van der Waals surface area (Å²) >= 11 is 0. The number of rotatable bonds is 2. The van der Waals surface area contributed by atoms with E-state index in [1.165, 1.54) is 7.11 Å². The van der Waals surface area contributed by atoms with Crippen LogP contribution in [0.2, 0.25) is 0 Å². The zero-order valence-corrected chi connectivity index (χ0v) is 10.3. The number of hydrogen-bond acceptors (Lipinski definition) is 4. The minimum absolute atomic E-state index is 0.305. The first-order valence-corrected chi connectivity index (χ1v) is 5.98. The first-order chi connectivity index (χ1) is 8.70. The summed E-state index contributed by atoms with van der Waals surface area (Å²) in [7, 11) is 1.53. The summed E-state index contributed by atoms with van der Waals surface area (Å²) in [6, 6.07) is 7.02. The molecule has 5 nitrogen and oxygen atoms in total. The molecule has 1 fully saturated rings. The summed E-state index contributed by atoms with van der Waals surface area (Å²) in [5.41, 5.74) is 0. The molecule has 0 aliphatic carbocycles. The molecule has 0 spiro atoms. The van der Waals surface area contributed by atoms with Gasteiger partial charge >= 0.3 is 6.09 Å². The monoisotopic (exact) mass is 251 g/mol. The van der Waals surface area contributed by atoms with Gasteiger partial charge in [-0.05, 0) is 25.0 Å². The number of para-hydroxylation sites is 2. The van der Waals surface area contributed by atoms with Crippen LogP contribution in [0.3, 0.4) is 0 Å². The first-order valence-electron chi connectivity index (χ1n) is 5.98. The summed E-state index contributed by atoms with van der Waals surface area (Å²) in [4.78, 5) is 13.5. The summed E-state index contributed by atoms with van der Waals surface area (Å²) in [5.74, 6) is 0.944. The molecule has 0 bridgehead atoms. The molecular weight excluding hydrogens is 234 g/mol. The van der Waals surface area contributed by atoms with Gasteiger partial charge in [-0.2, -0.15) is 0 Å². The van der Waals surface area contributed by atoms with Crippen molar-refractivity contribution in [3.05, 3.63) is 24.3 Å². The lowest BCUT2D eigenvalue weighted by molar-refractivity contribution is 0.0794. The third-order valence-electron chi connectivity index (χ3n) is 2.99. The number of benzene rings is 1. The van der Waals surface area contributed by atoms with Gasteiger partial charge in [-0.15, -0.1) is 0 Å². The Morgan fingerprint density at radius 3 is 2.50 bits per heavy atom. The number of carbonyl (C=O) groups is 1. The van der Waals surface area contributed by atoms with Crippen LogP contribution in [0.4, 0.5) is 4.79 Å². The number of amides is 1. The Balaban J connectivity index is 1.98. The Morgan fingerprint density at radius 2 is 1.89 bits per heavy atom. The van der Waals surface area contributed by atoms with E-state index in [-0.39, 0.29) is 6.10 Å².